The number of methoxy groups -OCH3 is 2. The summed E-state index contributed by atoms with van der Waals surface area (Å²) in [5.74, 6) is 0. The molecule has 0 spiro atoms. The molecule has 9 heteroatoms. The molecule has 1 N–H and O–H groups in total. The molecule has 0 amide bonds. The Hall–Kier alpha value is -1.87. The van der Waals surface area contributed by atoms with Crippen LogP contribution < -0.4 is 5.32 Å². The topological polar surface area (TPSA) is 73.6 Å². The number of nitro benzene ring substituents is 1. The smallest absolute Gasteiger partial charge is 0.380 e. The van der Waals surface area contributed by atoms with E-state index in [9.17, 15) is 23.3 Å². The first-order chi connectivity index (χ1) is 9.29. The number of hydrogen-bond acceptors (Lipinski definition) is 5. The van der Waals surface area contributed by atoms with Crippen LogP contribution in [0, 0.1) is 10.1 Å². The maximum absolute atomic E-state index is 12.7. The summed E-state index contributed by atoms with van der Waals surface area (Å²) < 4.78 is 47.9. The molecule has 0 radical (unpaired) electrons. The van der Waals surface area contributed by atoms with Crippen LogP contribution in [0.25, 0.3) is 0 Å². The van der Waals surface area contributed by atoms with Gasteiger partial charge in [0.15, 0.2) is 6.29 Å². The largest absolute Gasteiger partial charge is 0.423 e. The van der Waals surface area contributed by atoms with Gasteiger partial charge in [0.1, 0.15) is 5.56 Å². The lowest BCUT2D eigenvalue weighted by Gasteiger charge is -2.16. The minimum Gasteiger partial charge on any atom is -0.380 e. The molecule has 0 unspecified atom stereocenters. The molecule has 0 aromatic heterocycles. The number of nitrogens with zero attached hydrogens (tertiary/aromatic N) is 1. The Bertz CT molecular complexity index is 475. The van der Waals surface area contributed by atoms with Crippen LogP contribution in [-0.2, 0) is 15.7 Å². The highest BCUT2D eigenvalue weighted by Crippen LogP contribution is 2.37. The van der Waals surface area contributed by atoms with Crippen LogP contribution in [-0.4, -0.2) is 32.0 Å². The summed E-state index contributed by atoms with van der Waals surface area (Å²) in [4.78, 5) is 9.51. The molecule has 0 aliphatic carbocycles. The van der Waals surface area contributed by atoms with Gasteiger partial charge in [0.05, 0.1) is 11.5 Å². The zero-order valence-corrected chi connectivity index (χ0v) is 10.7. The molecule has 0 aliphatic rings. The third-order valence-corrected chi connectivity index (χ3v) is 2.50. The number of ether oxygens (including phenoxy) is 2. The van der Waals surface area contributed by atoms with Crippen molar-refractivity contribution in [3.63, 3.8) is 0 Å². The van der Waals surface area contributed by atoms with Gasteiger partial charge in [-0.25, -0.2) is 0 Å². The average Bonchev–Trinajstić information content (AvgIpc) is 2.38. The summed E-state index contributed by atoms with van der Waals surface area (Å²) in [6.07, 6.45) is -5.44. The van der Waals surface area contributed by atoms with Crippen LogP contribution in [0.1, 0.15) is 5.56 Å². The Labute approximate surface area is 112 Å². The zero-order valence-electron chi connectivity index (χ0n) is 10.7. The van der Waals surface area contributed by atoms with E-state index in [0.717, 1.165) is 6.07 Å². The van der Waals surface area contributed by atoms with Crippen molar-refractivity contribution in [3.8, 4) is 0 Å². The number of alkyl halides is 3. The number of benzene rings is 1. The molecule has 0 fully saturated rings. The summed E-state index contributed by atoms with van der Waals surface area (Å²) in [6.45, 7) is 0.0993. The third-order valence-electron chi connectivity index (χ3n) is 2.50. The van der Waals surface area contributed by atoms with Gasteiger partial charge in [-0.2, -0.15) is 13.2 Å². The van der Waals surface area contributed by atoms with Crippen molar-refractivity contribution in [1.82, 2.24) is 0 Å². The molecule has 1 aromatic carbocycles. The Morgan fingerprint density at radius 3 is 2.40 bits per heavy atom. The first kappa shape index (κ1) is 16.2. The molecule has 112 valence electrons. The second-order valence-corrected chi connectivity index (χ2v) is 3.77. The van der Waals surface area contributed by atoms with E-state index in [-0.39, 0.29) is 12.2 Å². The van der Waals surface area contributed by atoms with Gasteiger partial charge in [0.25, 0.3) is 5.69 Å². The molecule has 0 bridgehead atoms. The minimum atomic E-state index is -4.80. The van der Waals surface area contributed by atoms with Gasteiger partial charge in [-0.1, -0.05) is 0 Å². The van der Waals surface area contributed by atoms with Gasteiger partial charge in [0, 0.05) is 26.0 Å². The summed E-state index contributed by atoms with van der Waals surface area (Å²) >= 11 is 0. The standard InChI is InChI=1S/C11H13F3N2O4/c1-19-10(20-2)6-15-7-3-4-9(16(17)18)8(5-7)11(12,13)14/h3-5,10,15H,6H2,1-2H3. The van der Waals surface area contributed by atoms with Crippen molar-refractivity contribution < 1.29 is 27.6 Å². The minimum absolute atomic E-state index is 0.0852. The van der Waals surface area contributed by atoms with Crippen molar-refractivity contribution in [2.75, 3.05) is 26.1 Å². The Kier molecular flexibility index (Phi) is 5.28. The first-order valence-electron chi connectivity index (χ1n) is 5.44. The van der Waals surface area contributed by atoms with Gasteiger partial charge >= 0.3 is 6.18 Å². The van der Waals surface area contributed by atoms with E-state index in [1.807, 2.05) is 0 Å². The highest BCUT2D eigenvalue weighted by molar-refractivity contribution is 5.55. The van der Waals surface area contributed by atoms with Gasteiger partial charge < -0.3 is 14.8 Å². The van der Waals surface area contributed by atoms with Gasteiger partial charge in [0.2, 0.25) is 0 Å². The second kappa shape index (κ2) is 6.53. The molecule has 0 saturated carbocycles. The molecule has 20 heavy (non-hydrogen) atoms. The van der Waals surface area contributed by atoms with Crippen LogP contribution in [0.5, 0.6) is 0 Å². The fourth-order valence-corrected chi connectivity index (χ4v) is 1.50. The fourth-order valence-electron chi connectivity index (χ4n) is 1.50. The van der Waals surface area contributed by atoms with Crippen LogP contribution in [0.15, 0.2) is 18.2 Å². The summed E-state index contributed by atoms with van der Waals surface area (Å²) in [7, 11) is 2.76. The Morgan fingerprint density at radius 2 is 1.95 bits per heavy atom. The van der Waals surface area contributed by atoms with E-state index >= 15 is 0 Å². The van der Waals surface area contributed by atoms with Crippen molar-refractivity contribution in [2.45, 2.75) is 12.5 Å². The van der Waals surface area contributed by atoms with E-state index in [2.05, 4.69) is 5.32 Å². The van der Waals surface area contributed by atoms with Crippen molar-refractivity contribution in [1.29, 1.82) is 0 Å². The van der Waals surface area contributed by atoms with Crippen LogP contribution in [0.3, 0.4) is 0 Å². The van der Waals surface area contributed by atoms with E-state index in [0.29, 0.717) is 6.07 Å². The summed E-state index contributed by atoms with van der Waals surface area (Å²) in [6, 6.07) is 2.68. The SMILES string of the molecule is COC(CNc1ccc([N+](=O)[O-])c(C(F)(F)F)c1)OC. The van der Waals surface area contributed by atoms with E-state index in [1.54, 1.807) is 0 Å². The van der Waals surface area contributed by atoms with E-state index < -0.39 is 28.6 Å². The molecule has 1 rings (SSSR count). The number of nitro groups is 1. The lowest BCUT2D eigenvalue weighted by atomic mass is 10.1. The molecule has 0 atom stereocenters. The van der Waals surface area contributed by atoms with Crippen LogP contribution in [0.4, 0.5) is 24.5 Å². The monoisotopic (exact) mass is 294 g/mol. The highest BCUT2D eigenvalue weighted by Gasteiger charge is 2.38. The number of anilines is 1. The zero-order chi connectivity index (χ0) is 15.3. The third kappa shape index (κ3) is 4.07. The predicted octanol–water partition coefficient (Wildman–Crippen LogP) is 2.64. The molecule has 1 aromatic rings. The first-order valence-corrected chi connectivity index (χ1v) is 5.44. The van der Waals surface area contributed by atoms with E-state index in [4.69, 9.17) is 9.47 Å². The van der Waals surface area contributed by atoms with Crippen molar-refractivity contribution >= 4 is 11.4 Å². The number of halogens is 3. The van der Waals surface area contributed by atoms with E-state index in [1.165, 1.54) is 20.3 Å². The normalized spacial score (nSPS) is 11.7. The molecular formula is C11H13F3N2O4. The summed E-state index contributed by atoms with van der Waals surface area (Å²) in [5, 5.41) is 13.2. The Balaban J connectivity index is 2.98. The molecule has 0 saturated heterocycles. The van der Waals surface area contributed by atoms with Gasteiger partial charge in [-0.05, 0) is 12.1 Å². The van der Waals surface area contributed by atoms with Crippen LogP contribution >= 0.6 is 0 Å². The fraction of sp³-hybridized carbons (Fsp3) is 0.455. The maximum Gasteiger partial charge on any atom is 0.423 e. The maximum atomic E-state index is 12.7. The molecular weight excluding hydrogens is 281 g/mol. The number of nitrogens with one attached hydrogen (secondary N) is 1. The Morgan fingerprint density at radius 1 is 1.35 bits per heavy atom. The van der Waals surface area contributed by atoms with Crippen molar-refractivity contribution in [2.24, 2.45) is 0 Å². The molecule has 0 aliphatic heterocycles. The highest BCUT2D eigenvalue weighted by atomic mass is 19.4. The van der Waals surface area contributed by atoms with Crippen LogP contribution in [0.2, 0.25) is 0 Å². The number of rotatable bonds is 6. The van der Waals surface area contributed by atoms with Gasteiger partial charge in [-0.3, -0.25) is 10.1 Å². The quantitative estimate of drug-likeness (QED) is 0.496. The van der Waals surface area contributed by atoms with Gasteiger partial charge in [-0.15, -0.1) is 0 Å². The summed E-state index contributed by atoms with van der Waals surface area (Å²) in [5.41, 5.74) is -2.21. The number of hydrogen-bond donors (Lipinski definition) is 1. The lowest BCUT2D eigenvalue weighted by Crippen LogP contribution is -2.23. The molecule has 6 nitrogen and oxygen atoms in total. The molecule has 0 heterocycles. The predicted molar refractivity (Wildman–Crippen MR) is 64.4 cm³/mol. The average molecular weight is 294 g/mol. The lowest BCUT2D eigenvalue weighted by molar-refractivity contribution is -0.388. The second-order valence-electron chi connectivity index (χ2n) is 3.77. The van der Waals surface area contributed by atoms with Crippen molar-refractivity contribution in [3.05, 3.63) is 33.9 Å².